The van der Waals surface area contributed by atoms with Crippen molar-refractivity contribution in [1.29, 1.82) is 0 Å². The number of halogens is 2. The zero-order valence-electron chi connectivity index (χ0n) is 13.0. The molecule has 0 saturated carbocycles. The van der Waals surface area contributed by atoms with Crippen molar-refractivity contribution < 1.29 is 4.39 Å². The van der Waals surface area contributed by atoms with Gasteiger partial charge in [-0.1, -0.05) is 23.7 Å². The smallest absolute Gasteiger partial charge is 0.208 e. The Kier molecular flexibility index (Phi) is 4.11. The summed E-state index contributed by atoms with van der Waals surface area (Å²) < 4.78 is 13.9. The maximum Gasteiger partial charge on any atom is 0.208 e. The van der Waals surface area contributed by atoms with Crippen LogP contribution in [0.25, 0.3) is 22.4 Å². The van der Waals surface area contributed by atoms with Crippen LogP contribution in [-0.4, -0.2) is 9.97 Å². The number of nitrogens with one attached hydrogen (secondary N) is 2. The van der Waals surface area contributed by atoms with Gasteiger partial charge in [0.25, 0.3) is 0 Å². The Morgan fingerprint density at radius 3 is 2.42 bits per heavy atom. The molecule has 0 amide bonds. The van der Waals surface area contributed by atoms with Gasteiger partial charge in [0.15, 0.2) is 5.43 Å². The number of hydrogen-bond acceptors (Lipinski definition) is 2. The third kappa shape index (κ3) is 2.67. The van der Waals surface area contributed by atoms with Gasteiger partial charge in [-0.05, 0) is 26.0 Å². The van der Waals surface area contributed by atoms with E-state index < -0.39 is 11.2 Å². The molecule has 4 nitrogen and oxygen atoms in total. The lowest BCUT2D eigenvalue weighted by Crippen LogP contribution is -2.17. The molecule has 1 aromatic carbocycles. The molecule has 2 heterocycles. The highest BCUT2D eigenvalue weighted by Crippen LogP contribution is 2.22. The number of pyridine rings is 2. The second-order valence-corrected chi connectivity index (χ2v) is 5.88. The fourth-order valence-corrected chi connectivity index (χ4v) is 2.82. The number of aromatic nitrogens is 2. The van der Waals surface area contributed by atoms with E-state index in [2.05, 4.69) is 9.97 Å². The van der Waals surface area contributed by atoms with Crippen molar-refractivity contribution in [2.75, 3.05) is 0 Å². The molecule has 122 valence electrons. The van der Waals surface area contributed by atoms with E-state index in [9.17, 15) is 14.0 Å². The van der Waals surface area contributed by atoms with Crippen molar-refractivity contribution in [3.05, 3.63) is 79.2 Å². The molecule has 2 aromatic heterocycles. The van der Waals surface area contributed by atoms with Crippen LogP contribution >= 0.6 is 11.6 Å². The molecular formula is C18H14ClFN2O2. The van der Waals surface area contributed by atoms with Crippen molar-refractivity contribution in [2.45, 2.75) is 13.8 Å². The van der Waals surface area contributed by atoms with Gasteiger partial charge in [-0.2, -0.15) is 0 Å². The van der Waals surface area contributed by atoms with E-state index in [0.717, 1.165) is 0 Å². The van der Waals surface area contributed by atoms with Crippen LogP contribution in [0, 0.1) is 19.7 Å². The Balaban J connectivity index is 2.20. The predicted octanol–water partition coefficient (Wildman–Crippen LogP) is 3.81. The van der Waals surface area contributed by atoms with Gasteiger partial charge in [-0.3, -0.25) is 9.59 Å². The highest BCUT2D eigenvalue weighted by molar-refractivity contribution is 6.31. The summed E-state index contributed by atoms with van der Waals surface area (Å²) in [5.74, 6) is -0.437. The maximum absolute atomic E-state index is 13.9. The fourth-order valence-electron chi connectivity index (χ4n) is 2.68. The number of hydrogen-bond donors (Lipinski definition) is 2. The molecule has 0 aliphatic rings. The van der Waals surface area contributed by atoms with E-state index in [1.807, 2.05) is 0 Å². The average Bonchev–Trinajstić information content (AvgIpc) is 2.55. The first kappa shape index (κ1) is 16.2. The lowest BCUT2D eigenvalue weighted by Gasteiger charge is -2.09. The number of rotatable bonds is 2. The van der Waals surface area contributed by atoms with Crippen LogP contribution in [0.2, 0.25) is 5.02 Å². The van der Waals surface area contributed by atoms with Crippen LogP contribution < -0.4 is 10.9 Å². The molecule has 0 atom stereocenters. The second kappa shape index (κ2) is 6.09. The number of aryl methyl sites for hydroxylation is 2. The Morgan fingerprint density at radius 1 is 1.04 bits per heavy atom. The van der Waals surface area contributed by atoms with Crippen molar-refractivity contribution in [3.8, 4) is 22.4 Å². The minimum Gasteiger partial charge on any atom is -0.361 e. The first-order chi connectivity index (χ1) is 11.4. The van der Waals surface area contributed by atoms with Gasteiger partial charge < -0.3 is 9.97 Å². The van der Waals surface area contributed by atoms with Gasteiger partial charge in [-0.15, -0.1) is 0 Å². The third-order valence-electron chi connectivity index (χ3n) is 3.85. The topological polar surface area (TPSA) is 65.7 Å². The van der Waals surface area contributed by atoms with E-state index in [0.29, 0.717) is 17.1 Å². The normalized spacial score (nSPS) is 10.8. The van der Waals surface area contributed by atoms with Crippen LogP contribution in [0.3, 0.4) is 0 Å². The van der Waals surface area contributed by atoms with Gasteiger partial charge in [0.1, 0.15) is 10.8 Å². The summed E-state index contributed by atoms with van der Waals surface area (Å²) in [6, 6.07) is 7.42. The molecule has 0 unspecified atom stereocenters. The molecule has 0 saturated heterocycles. The third-order valence-corrected chi connectivity index (χ3v) is 4.31. The molecule has 6 heteroatoms. The molecule has 2 N–H and O–H groups in total. The number of H-pyrrole nitrogens is 2. The van der Waals surface area contributed by atoms with E-state index >= 15 is 0 Å². The lowest BCUT2D eigenvalue weighted by atomic mass is 10.0. The van der Waals surface area contributed by atoms with Crippen LogP contribution in [0.15, 0.2) is 46.1 Å². The largest absolute Gasteiger partial charge is 0.361 e. The molecule has 0 aliphatic heterocycles. The van der Waals surface area contributed by atoms with E-state index in [4.69, 9.17) is 11.6 Å². The Labute approximate surface area is 142 Å². The van der Waals surface area contributed by atoms with Crippen LogP contribution in [0.1, 0.15) is 11.4 Å². The minimum atomic E-state index is -0.437. The highest BCUT2D eigenvalue weighted by Gasteiger charge is 2.16. The second-order valence-electron chi connectivity index (χ2n) is 5.50. The zero-order chi connectivity index (χ0) is 17.4. The quantitative estimate of drug-likeness (QED) is 0.742. The summed E-state index contributed by atoms with van der Waals surface area (Å²) >= 11 is 6.00. The molecule has 3 aromatic rings. The molecule has 0 radical (unpaired) electrons. The lowest BCUT2D eigenvalue weighted by molar-refractivity contribution is 0.630. The van der Waals surface area contributed by atoms with Crippen molar-refractivity contribution in [3.63, 3.8) is 0 Å². The van der Waals surface area contributed by atoms with Crippen molar-refractivity contribution in [2.24, 2.45) is 0 Å². The van der Waals surface area contributed by atoms with E-state index in [-0.39, 0.29) is 27.1 Å². The fraction of sp³-hybridized carbons (Fsp3) is 0.111. The molecule has 24 heavy (non-hydrogen) atoms. The number of aromatic amines is 2. The van der Waals surface area contributed by atoms with E-state index in [1.165, 1.54) is 18.3 Å². The van der Waals surface area contributed by atoms with E-state index in [1.54, 1.807) is 32.0 Å². The first-order valence-corrected chi connectivity index (χ1v) is 7.65. The Hall–Kier alpha value is -2.66. The molecule has 3 rings (SSSR count). The molecule has 0 fully saturated rings. The van der Waals surface area contributed by atoms with Crippen molar-refractivity contribution in [1.82, 2.24) is 9.97 Å². The van der Waals surface area contributed by atoms with Gasteiger partial charge in [0, 0.05) is 29.2 Å². The summed E-state index contributed by atoms with van der Waals surface area (Å²) in [7, 11) is 0. The highest BCUT2D eigenvalue weighted by atomic mass is 35.5. The van der Waals surface area contributed by atoms with Crippen molar-refractivity contribution >= 4 is 11.6 Å². The summed E-state index contributed by atoms with van der Waals surface area (Å²) in [5, 5.41) is 0.0492. The van der Waals surface area contributed by atoms with Gasteiger partial charge in [0.05, 0.1) is 16.8 Å². The number of benzene rings is 1. The van der Waals surface area contributed by atoms with Gasteiger partial charge >= 0.3 is 0 Å². The first-order valence-electron chi connectivity index (χ1n) is 7.27. The SMILES string of the molecule is Cc1[nH]c(C)c(-c2c[nH]c(-c3ccccc3F)cc2=O)c(=O)c1Cl. The maximum atomic E-state index is 13.9. The summed E-state index contributed by atoms with van der Waals surface area (Å²) in [4.78, 5) is 30.8. The molecule has 0 bridgehead atoms. The molecular weight excluding hydrogens is 331 g/mol. The predicted molar refractivity (Wildman–Crippen MR) is 93.0 cm³/mol. The van der Waals surface area contributed by atoms with Crippen LogP contribution in [0.4, 0.5) is 4.39 Å². The van der Waals surface area contributed by atoms with Gasteiger partial charge in [-0.25, -0.2) is 4.39 Å². The van der Waals surface area contributed by atoms with Crippen LogP contribution in [0.5, 0.6) is 0 Å². The van der Waals surface area contributed by atoms with Crippen LogP contribution in [-0.2, 0) is 0 Å². The summed E-state index contributed by atoms with van der Waals surface area (Å²) in [5.41, 5.74) is 1.33. The van der Waals surface area contributed by atoms with Gasteiger partial charge in [0.2, 0.25) is 5.43 Å². The summed E-state index contributed by atoms with van der Waals surface area (Å²) in [6.07, 6.45) is 1.41. The monoisotopic (exact) mass is 344 g/mol. The standard InChI is InChI=1S/C18H14ClFN2O2/c1-9-16(18(24)17(19)10(2)22-9)12-8-21-14(7-15(12)23)11-5-3-4-6-13(11)20/h3-8H,1-2H3,(H,21,23)(H,22,24). The Morgan fingerprint density at radius 2 is 1.75 bits per heavy atom. The molecule has 0 aliphatic carbocycles. The Bertz CT molecular complexity index is 1050. The minimum absolute atomic E-state index is 0.0492. The average molecular weight is 345 g/mol. The molecule has 0 spiro atoms. The summed E-state index contributed by atoms with van der Waals surface area (Å²) in [6.45, 7) is 3.39. The zero-order valence-corrected chi connectivity index (χ0v) is 13.8.